The maximum Gasteiger partial charge on any atom is 0.242 e. The molecule has 3 fully saturated rings. The monoisotopic (exact) mass is 358 g/mol. The maximum absolute atomic E-state index is 12.9. The number of benzene rings is 1. The lowest BCUT2D eigenvalue weighted by molar-refractivity contribution is -0.180. The molecule has 2 saturated heterocycles. The van der Waals surface area contributed by atoms with Crippen LogP contribution in [-0.2, 0) is 4.79 Å². The molecule has 142 valence electrons. The summed E-state index contributed by atoms with van der Waals surface area (Å²) in [4.78, 5) is 14.8. The van der Waals surface area contributed by atoms with Crippen molar-refractivity contribution in [2.24, 2.45) is 5.41 Å². The molecular formula is C21H30N2O3. The molecule has 1 spiro atoms. The molecule has 3 aliphatic rings. The summed E-state index contributed by atoms with van der Waals surface area (Å²) in [6.07, 6.45) is 6.24. The highest BCUT2D eigenvalue weighted by molar-refractivity contribution is 5.82. The molecule has 2 heterocycles. The SMILES string of the molecule is CCOc1cccc(C2CCN(C(=O)[C@@H]3CCC4(CC4)CN3O)CC2)c1. The Morgan fingerprint density at radius 2 is 2.00 bits per heavy atom. The Bertz CT molecular complexity index is 650. The number of hydrogen-bond donors (Lipinski definition) is 1. The predicted octanol–water partition coefficient (Wildman–Crippen LogP) is 3.43. The van der Waals surface area contributed by atoms with Crippen LogP contribution in [0, 0.1) is 5.41 Å². The largest absolute Gasteiger partial charge is 0.494 e. The molecule has 1 aromatic rings. The number of carbonyl (C=O) groups is 1. The second kappa shape index (κ2) is 7.20. The van der Waals surface area contributed by atoms with Crippen LogP contribution in [0.25, 0.3) is 0 Å². The Morgan fingerprint density at radius 1 is 1.23 bits per heavy atom. The summed E-state index contributed by atoms with van der Waals surface area (Å²) in [6, 6.07) is 8.02. The highest BCUT2D eigenvalue weighted by Gasteiger charge is 2.49. The summed E-state index contributed by atoms with van der Waals surface area (Å²) in [6.45, 7) is 4.90. The second-order valence-corrected chi connectivity index (χ2v) is 8.26. The third kappa shape index (κ3) is 3.60. The zero-order valence-corrected chi connectivity index (χ0v) is 15.7. The molecule has 0 unspecified atom stereocenters. The minimum atomic E-state index is -0.334. The number of amides is 1. The van der Waals surface area contributed by atoms with Gasteiger partial charge in [0.05, 0.1) is 6.61 Å². The van der Waals surface area contributed by atoms with Gasteiger partial charge < -0.3 is 14.8 Å². The van der Waals surface area contributed by atoms with Gasteiger partial charge in [-0.1, -0.05) is 12.1 Å². The van der Waals surface area contributed by atoms with Gasteiger partial charge in [-0.2, -0.15) is 5.06 Å². The molecule has 1 N–H and O–H groups in total. The quantitative estimate of drug-likeness (QED) is 0.896. The normalized spacial score (nSPS) is 26.1. The van der Waals surface area contributed by atoms with Gasteiger partial charge in [-0.25, -0.2) is 0 Å². The van der Waals surface area contributed by atoms with Gasteiger partial charge in [0.1, 0.15) is 11.8 Å². The number of rotatable bonds is 4. The van der Waals surface area contributed by atoms with Crippen molar-refractivity contribution in [3.8, 4) is 5.75 Å². The molecular weight excluding hydrogens is 328 g/mol. The fraction of sp³-hybridized carbons (Fsp3) is 0.667. The zero-order valence-electron chi connectivity index (χ0n) is 15.7. The third-order valence-electron chi connectivity index (χ3n) is 6.49. The highest BCUT2D eigenvalue weighted by Crippen LogP contribution is 2.52. The van der Waals surface area contributed by atoms with E-state index in [-0.39, 0.29) is 11.9 Å². The first-order chi connectivity index (χ1) is 12.6. The number of ether oxygens (including phenoxy) is 1. The maximum atomic E-state index is 12.9. The van der Waals surface area contributed by atoms with Gasteiger partial charge in [0.25, 0.3) is 0 Å². The van der Waals surface area contributed by atoms with Gasteiger partial charge in [0.15, 0.2) is 0 Å². The van der Waals surface area contributed by atoms with Gasteiger partial charge in [-0.3, -0.25) is 4.79 Å². The molecule has 1 atom stereocenters. The Labute approximate surface area is 155 Å². The topological polar surface area (TPSA) is 53.0 Å². The lowest BCUT2D eigenvalue weighted by Crippen LogP contribution is -2.53. The van der Waals surface area contributed by atoms with E-state index in [1.807, 2.05) is 17.9 Å². The van der Waals surface area contributed by atoms with Gasteiger partial charge in [0.2, 0.25) is 5.91 Å². The fourth-order valence-electron chi connectivity index (χ4n) is 4.63. The Hall–Kier alpha value is -1.59. The molecule has 0 radical (unpaired) electrons. The third-order valence-corrected chi connectivity index (χ3v) is 6.49. The predicted molar refractivity (Wildman–Crippen MR) is 99.3 cm³/mol. The Morgan fingerprint density at radius 3 is 2.65 bits per heavy atom. The van der Waals surface area contributed by atoms with E-state index in [4.69, 9.17) is 4.74 Å². The molecule has 0 aromatic heterocycles. The Balaban J connectivity index is 1.33. The molecule has 26 heavy (non-hydrogen) atoms. The minimum absolute atomic E-state index is 0.115. The van der Waals surface area contributed by atoms with Gasteiger partial charge in [-0.05, 0) is 74.5 Å². The van der Waals surface area contributed by atoms with Crippen molar-refractivity contribution in [3.63, 3.8) is 0 Å². The van der Waals surface area contributed by atoms with Crippen molar-refractivity contribution in [1.29, 1.82) is 0 Å². The van der Waals surface area contributed by atoms with E-state index < -0.39 is 0 Å². The number of carbonyl (C=O) groups excluding carboxylic acids is 1. The fourth-order valence-corrected chi connectivity index (χ4v) is 4.63. The van der Waals surface area contributed by atoms with Crippen molar-refractivity contribution in [2.75, 3.05) is 26.2 Å². The van der Waals surface area contributed by atoms with Crippen LogP contribution in [0.4, 0.5) is 0 Å². The zero-order chi connectivity index (χ0) is 18.1. The van der Waals surface area contributed by atoms with Gasteiger partial charge >= 0.3 is 0 Å². The number of hydrogen-bond acceptors (Lipinski definition) is 4. The summed E-state index contributed by atoms with van der Waals surface area (Å²) in [5.74, 6) is 1.52. The molecule has 5 nitrogen and oxygen atoms in total. The van der Waals surface area contributed by atoms with Crippen LogP contribution < -0.4 is 4.74 Å². The lowest BCUT2D eigenvalue weighted by Gasteiger charge is -2.39. The first kappa shape index (κ1) is 17.8. The molecule has 1 amide bonds. The molecule has 1 aliphatic carbocycles. The van der Waals surface area contributed by atoms with Gasteiger partial charge in [0, 0.05) is 19.6 Å². The summed E-state index contributed by atoms with van der Waals surface area (Å²) in [7, 11) is 0. The van der Waals surface area contributed by atoms with Crippen LogP contribution in [-0.4, -0.2) is 53.4 Å². The van der Waals surface area contributed by atoms with E-state index >= 15 is 0 Å². The van der Waals surface area contributed by atoms with Crippen LogP contribution in [0.5, 0.6) is 5.75 Å². The molecule has 0 bridgehead atoms. The lowest BCUT2D eigenvalue weighted by atomic mass is 9.88. The van der Waals surface area contributed by atoms with Crippen molar-refractivity contribution in [3.05, 3.63) is 29.8 Å². The van der Waals surface area contributed by atoms with Gasteiger partial charge in [-0.15, -0.1) is 0 Å². The average molecular weight is 358 g/mol. The van der Waals surface area contributed by atoms with E-state index in [0.717, 1.165) is 44.5 Å². The number of piperidine rings is 2. The van der Waals surface area contributed by atoms with E-state index in [1.54, 1.807) is 0 Å². The molecule has 4 rings (SSSR count). The van der Waals surface area contributed by atoms with E-state index in [1.165, 1.54) is 23.5 Å². The van der Waals surface area contributed by atoms with Crippen molar-refractivity contribution >= 4 is 5.91 Å². The number of likely N-dealkylation sites (tertiary alicyclic amines) is 1. The number of nitrogens with zero attached hydrogens (tertiary/aromatic N) is 2. The standard InChI is InChI=1S/C21H30N2O3/c1-2-26-18-5-3-4-17(14-18)16-7-12-22(13-8-16)20(24)19-6-9-21(10-11-21)15-23(19)25/h3-5,14,16,19,25H,2,6-13,15H2,1H3/t19-/m0/s1. The van der Waals surface area contributed by atoms with Crippen LogP contribution in [0.2, 0.25) is 0 Å². The summed E-state index contributed by atoms with van der Waals surface area (Å²) in [5, 5.41) is 11.7. The Kier molecular flexibility index (Phi) is 4.93. The highest BCUT2D eigenvalue weighted by atomic mass is 16.5. The molecule has 1 saturated carbocycles. The average Bonchev–Trinajstić information content (AvgIpc) is 3.40. The smallest absolute Gasteiger partial charge is 0.242 e. The van der Waals surface area contributed by atoms with E-state index in [0.29, 0.717) is 24.5 Å². The number of hydroxylamine groups is 2. The van der Waals surface area contributed by atoms with Crippen molar-refractivity contribution in [2.45, 2.75) is 57.4 Å². The van der Waals surface area contributed by atoms with Crippen LogP contribution in [0.15, 0.2) is 24.3 Å². The van der Waals surface area contributed by atoms with E-state index in [9.17, 15) is 10.0 Å². The van der Waals surface area contributed by atoms with Crippen molar-refractivity contribution < 1.29 is 14.7 Å². The van der Waals surface area contributed by atoms with Crippen LogP contribution in [0.1, 0.15) is 56.9 Å². The molecule has 1 aromatic carbocycles. The first-order valence-corrected chi connectivity index (χ1v) is 10.1. The molecule has 5 heteroatoms. The minimum Gasteiger partial charge on any atom is -0.494 e. The summed E-state index contributed by atoms with van der Waals surface area (Å²) in [5.41, 5.74) is 1.63. The van der Waals surface area contributed by atoms with Crippen molar-refractivity contribution in [1.82, 2.24) is 9.96 Å². The summed E-state index contributed by atoms with van der Waals surface area (Å²) < 4.78 is 5.61. The van der Waals surface area contributed by atoms with E-state index in [2.05, 4.69) is 18.2 Å². The van der Waals surface area contributed by atoms with Crippen LogP contribution in [0.3, 0.4) is 0 Å². The second-order valence-electron chi connectivity index (χ2n) is 8.26. The van der Waals surface area contributed by atoms with Crippen LogP contribution >= 0.6 is 0 Å². The molecule has 2 aliphatic heterocycles. The summed E-state index contributed by atoms with van der Waals surface area (Å²) >= 11 is 0. The first-order valence-electron chi connectivity index (χ1n) is 10.1.